The number of unbranched alkanes of at least 4 members (excludes halogenated alkanes) is 1. The number of amides is 3. The molecule has 0 saturated carbocycles. The minimum atomic E-state index is -0.512. The topological polar surface area (TPSA) is 93.1 Å². The molecular weight excluding hydrogens is 388 g/mol. The standard InChI is InChI=1S/C21H36N4O5/c1-5-7-12-24(16-18-10-8-11-23(18)3)19(26)17-25(13-9-14-29-4)21(28)22-15-20(27)30-6-2/h8,10-11H,5-7,9,12-17H2,1-4H3,(H,22,28). The summed E-state index contributed by atoms with van der Waals surface area (Å²) in [5.41, 5.74) is 1.03. The van der Waals surface area contributed by atoms with Crippen molar-refractivity contribution >= 4 is 17.9 Å². The molecule has 0 bridgehead atoms. The second kappa shape index (κ2) is 14.4. The number of urea groups is 1. The first-order valence-electron chi connectivity index (χ1n) is 10.5. The van der Waals surface area contributed by atoms with Crippen LogP contribution in [0.15, 0.2) is 18.3 Å². The van der Waals surface area contributed by atoms with Gasteiger partial charge in [-0.1, -0.05) is 13.3 Å². The van der Waals surface area contributed by atoms with Crippen LogP contribution in [0.1, 0.15) is 38.8 Å². The Kier molecular flexibility index (Phi) is 12.3. The molecule has 0 aromatic carbocycles. The van der Waals surface area contributed by atoms with E-state index in [4.69, 9.17) is 9.47 Å². The summed E-state index contributed by atoms with van der Waals surface area (Å²) in [6, 6.07) is 3.45. The van der Waals surface area contributed by atoms with Crippen LogP contribution in [-0.2, 0) is 32.7 Å². The molecule has 30 heavy (non-hydrogen) atoms. The Morgan fingerprint density at radius 3 is 2.47 bits per heavy atom. The third-order valence-electron chi connectivity index (χ3n) is 4.62. The molecule has 0 unspecified atom stereocenters. The maximum absolute atomic E-state index is 13.0. The van der Waals surface area contributed by atoms with Gasteiger partial charge in [0.25, 0.3) is 0 Å². The number of aromatic nitrogens is 1. The first kappa shape index (κ1) is 25.5. The number of methoxy groups -OCH3 is 1. The number of rotatable bonds is 14. The minimum Gasteiger partial charge on any atom is -0.465 e. The molecule has 1 N–H and O–H groups in total. The van der Waals surface area contributed by atoms with Crippen molar-refractivity contribution in [2.24, 2.45) is 7.05 Å². The Morgan fingerprint density at radius 2 is 1.87 bits per heavy atom. The molecule has 0 fully saturated rings. The van der Waals surface area contributed by atoms with Crippen LogP contribution < -0.4 is 5.32 Å². The van der Waals surface area contributed by atoms with Crippen LogP contribution in [0.3, 0.4) is 0 Å². The lowest BCUT2D eigenvalue weighted by Gasteiger charge is -2.28. The van der Waals surface area contributed by atoms with Crippen LogP contribution >= 0.6 is 0 Å². The van der Waals surface area contributed by atoms with E-state index in [1.165, 1.54) is 4.90 Å². The lowest BCUT2D eigenvalue weighted by molar-refractivity contribution is -0.141. The molecule has 1 aromatic heterocycles. The van der Waals surface area contributed by atoms with Gasteiger partial charge in [0.15, 0.2) is 0 Å². The Bertz CT molecular complexity index is 662. The second-order valence-corrected chi connectivity index (χ2v) is 7.01. The van der Waals surface area contributed by atoms with Gasteiger partial charge in [0.1, 0.15) is 13.1 Å². The molecule has 1 aromatic rings. The van der Waals surface area contributed by atoms with Gasteiger partial charge < -0.3 is 29.2 Å². The van der Waals surface area contributed by atoms with Gasteiger partial charge in [-0.2, -0.15) is 0 Å². The maximum atomic E-state index is 13.0. The molecule has 0 aliphatic rings. The van der Waals surface area contributed by atoms with Crippen LogP contribution in [0.25, 0.3) is 0 Å². The van der Waals surface area contributed by atoms with Crippen LogP contribution in [0.2, 0.25) is 0 Å². The van der Waals surface area contributed by atoms with E-state index in [9.17, 15) is 14.4 Å². The largest absolute Gasteiger partial charge is 0.465 e. The third-order valence-corrected chi connectivity index (χ3v) is 4.62. The van der Waals surface area contributed by atoms with Crippen LogP contribution in [0, 0.1) is 0 Å². The molecule has 0 aliphatic heterocycles. The predicted octanol–water partition coefficient (Wildman–Crippen LogP) is 1.77. The average molecular weight is 425 g/mol. The second-order valence-electron chi connectivity index (χ2n) is 7.01. The lowest BCUT2D eigenvalue weighted by Crippen LogP contribution is -2.48. The van der Waals surface area contributed by atoms with E-state index in [0.717, 1.165) is 18.5 Å². The number of hydrogen-bond donors (Lipinski definition) is 1. The number of nitrogens with zero attached hydrogens (tertiary/aromatic N) is 3. The molecular formula is C21H36N4O5. The van der Waals surface area contributed by atoms with Crippen molar-refractivity contribution in [1.29, 1.82) is 0 Å². The number of ether oxygens (including phenoxy) is 2. The normalized spacial score (nSPS) is 10.5. The molecule has 0 radical (unpaired) electrons. The summed E-state index contributed by atoms with van der Waals surface area (Å²) >= 11 is 0. The highest BCUT2D eigenvalue weighted by molar-refractivity contribution is 5.86. The molecule has 0 saturated heterocycles. The lowest BCUT2D eigenvalue weighted by atomic mass is 10.2. The number of aryl methyl sites for hydroxylation is 1. The van der Waals surface area contributed by atoms with Gasteiger partial charge in [-0.25, -0.2) is 4.79 Å². The van der Waals surface area contributed by atoms with Crippen LogP contribution in [0.5, 0.6) is 0 Å². The first-order chi connectivity index (χ1) is 14.4. The van der Waals surface area contributed by atoms with Crippen LogP contribution in [0.4, 0.5) is 4.79 Å². The van der Waals surface area contributed by atoms with Crippen molar-refractivity contribution in [3.63, 3.8) is 0 Å². The molecule has 0 atom stereocenters. The average Bonchev–Trinajstić information content (AvgIpc) is 3.13. The smallest absolute Gasteiger partial charge is 0.325 e. The maximum Gasteiger partial charge on any atom is 0.325 e. The van der Waals surface area contributed by atoms with Gasteiger partial charge in [0.2, 0.25) is 5.91 Å². The Hall–Kier alpha value is -2.55. The van der Waals surface area contributed by atoms with Crippen molar-refractivity contribution in [1.82, 2.24) is 19.7 Å². The van der Waals surface area contributed by atoms with Crippen molar-refractivity contribution in [3.8, 4) is 0 Å². The Balaban J connectivity index is 2.80. The molecule has 1 heterocycles. The highest BCUT2D eigenvalue weighted by atomic mass is 16.5. The molecule has 0 spiro atoms. The zero-order chi connectivity index (χ0) is 22.4. The number of nitrogens with one attached hydrogen (secondary N) is 1. The van der Waals surface area contributed by atoms with Crippen molar-refractivity contribution in [3.05, 3.63) is 24.0 Å². The van der Waals surface area contributed by atoms with E-state index >= 15 is 0 Å². The number of esters is 1. The van der Waals surface area contributed by atoms with Crippen molar-refractivity contribution in [2.75, 3.05) is 46.5 Å². The summed E-state index contributed by atoms with van der Waals surface area (Å²) in [6.07, 6.45) is 4.38. The van der Waals surface area contributed by atoms with E-state index in [1.54, 1.807) is 18.9 Å². The minimum absolute atomic E-state index is 0.0630. The summed E-state index contributed by atoms with van der Waals surface area (Å²) in [5.74, 6) is -0.643. The highest BCUT2D eigenvalue weighted by Crippen LogP contribution is 2.08. The van der Waals surface area contributed by atoms with Crippen LogP contribution in [-0.4, -0.2) is 78.8 Å². The molecule has 9 nitrogen and oxygen atoms in total. The number of carbonyl (C=O) groups excluding carboxylic acids is 3. The third kappa shape index (κ3) is 9.30. The molecule has 1 rings (SSSR count). The van der Waals surface area contributed by atoms with E-state index < -0.39 is 12.0 Å². The van der Waals surface area contributed by atoms with E-state index in [2.05, 4.69) is 12.2 Å². The fraction of sp³-hybridized carbons (Fsp3) is 0.667. The molecule has 9 heteroatoms. The quantitative estimate of drug-likeness (QED) is 0.363. The first-order valence-corrected chi connectivity index (χ1v) is 10.5. The summed E-state index contributed by atoms with van der Waals surface area (Å²) in [5, 5.41) is 2.53. The van der Waals surface area contributed by atoms with Gasteiger partial charge in [0, 0.05) is 45.7 Å². The summed E-state index contributed by atoms with van der Waals surface area (Å²) < 4.78 is 11.9. The Morgan fingerprint density at radius 1 is 1.13 bits per heavy atom. The van der Waals surface area contributed by atoms with E-state index in [-0.39, 0.29) is 25.6 Å². The van der Waals surface area contributed by atoms with Crippen molar-refractivity contribution in [2.45, 2.75) is 39.7 Å². The molecule has 0 aliphatic carbocycles. The Labute approximate surface area is 179 Å². The summed E-state index contributed by atoms with van der Waals surface area (Å²) in [4.78, 5) is 40.4. The summed E-state index contributed by atoms with van der Waals surface area (Å²) in [6.45, 7) is 5.65. The van der Waals surface area contributed by atoms with E-state index in [1.807, 2.05) is 29.9 Å². The molecule has 170 valence electrons. The van der Waals surface area contributed by atoms with Gasteiger partial charge >= 0.3 is 12.0 Å². The van der Waals surface area contributed by atoms with Gasteiger partial charge in [-0.05, 0) is 31.9 Å². The zero-order valence-corrected chi connectivity index (χ0v) is 18.7. The van der Waals surface area contributed by atoms with E-state index in [0.29, 0.717) is 32.7 Å². The monoisotopic (exact) mass is 424 g/mol. The number of carbonyl (C=O) groups is 3. The highest BCUT2D eigenvalue weighted by Gasteiger charge is 2.22. The molecule has 3 amide bonds. The fourth-order valence-electron chi connectivity index (χ4n) is 2.88. The van der Waals surface area contributed by atoms with Gasteiger partial charge in [0.05, 0.1) is 13.2 Å². The van der Waals surface area contributed by atoms with Gasteiger partial charge in [-0.15, -0.1) is 0 Å². The number of hydrogen-bond acceptors (Lipinski definition) is 5. The van der Waals surface area contributed by atoms with Gasteiger partial charge in [-0.3, -0.25) is 9.59 Å². The van der Waals surface area contributed by atoms with Crippen molar-refractivity contribution < 1.29 is 23.9 Å². The predicted molar refractivity (Wildman–Crippen MR) is 114 cm³/mol. The zero-order valence-electron chi connectivity index (χ0n) is 18.7. The fourth-order valence-corrected chi connectivity index (χ4v) is 2.88. The SMILES string of the molecule is CCCCN(Cc1cccn1C)C(=O)CN(CCCOC)C(=O)NCC(=O)OCC. The summed E-state index contributed by atoms with van der Waals surface area (Å²) in [7, 11) is 3.53.